The van der Waals surface area contributed by atoms with E-state index in [1.165, 1.54) is 24.0 Å². The SMILES string of the molecule is CCCCc1ccc(CC(=O)Nc2cnn(Cc3ccc(C)cc3)n2)cc1. The summed E-state index contributed by atoms with van der Waals surface area (Å²) in [4.78, 5) is 13.8. The highest BCUT2D eigenvalue weighted by molar-refractivity contribution is 5.91. The van der Waals surface area contributed by atoms with Gasteiger partial charge >= 0.3 is 0 Å². The van der Waals surface area contributed by atoms with E-state index in [9.17, 15) is 4.79 Å². The molecule has 0 bridgehead atoms. The van der Waals surface area contributed by atoms with Crippen molar-refractivity contribution in [3.8, 4) is 0 Å². The van der Waals surface area contributed by atoms with E-state index in [1.807, 2.05) is 12.1 Å². The molecule has 1 N–H and O–H groups in total. The third-order valence-electron chi connectivity index (χ3n) is 4.46. The van der Waals surface area contributed by atoms with Crippen molar-refractivity contribution in [2.45, 2.75) is 46.1 Å². The standard InChI is InChI=1S/C22H26N4O/c1-3-4-5-18-10-12-19(13-11-18)14-22(27)24-21-15-23-26(25-21)16-20-8-6-17(2)7-9-20/h6-13,15H,3-5,14,16H2,1-2H3,(H,24,25,27). The molecular weight excluding hydrogens is 336 g/mol. The van der Waals surface area contributed by atoms with Gasteiger partial charge in [0.1, 0.15) is 0 Å². The molecule has 0 fully saturated rings. The van der Waals surface area contributed by atoms with Gasteiger partial charge in [-0.05, 0) is 36.5 Å². The lowest BCUT2D eigenvalue weighted by Gasteiger charge is -2.04. The highest BCUT2D eigenvalue weighted by Crippen LogP contribution is 2.10. The van der Waals surface area contributed by atoms with Gasteiger partial charge in [-0.15, -0.1) is 5.10 Å². The maximum absolute atomic E-state index is 12.3. The van der Waals surface area contributed by atoms with Crippen LogP contribution in [0.1, 0.15) is 42.0 Å². The fourth-order valence-corrected chi connectivity index (χ4v) is 2.86. The third kappa shape index (κ3) is 5.78. The summed E-state index contributed by atoms with van der Waals surface area (Å²) in [7, 11) is 0. The molecule has 27 heavy (non-hydrogen) atoms. The first-order chi connectivity index (χ1) is 13.1. The average molecular weight is 362 g/mol. The number of benzene rings is 2. The fraction of sp³-hybridized carbons (Fsp3) is 0.318. The molecule has 140 valence electrons. The van der Waals surface area contributed by atoms with Gasteiger partial charge in [0.15, 0.2) is 5.82 Å². The van der Waals surface area contributed by atoms with Gasteiger partial charge in [-0.1, -0.05) is 67.4 Å². The number of unbranched alkanes of at least 4 members (excludes halogenated alkanes) is 1. The number of rotatable bonds is 8. The predicted octanol–water partition coefficient (Wildman–Crippen LogP) is 4.16. The molecule has 5 nitrogen and oxygen atoms in total. The molecule has 2 aromatic carbocycles. The second kappa shape index (κ2) is 9.12. The number of hydrogen-bond donors (Lipinski definition) is 1. The van der Waals surface area contributed by atoms with Crippen LogP contribution in [0.3, 0.4) is 0 Å². The molecule has 0 atom stereocenters. The molecule has 0 saturated heterocycles. The molecule has 1 amide bonds. The van der Waals surface area contributed by atoms with Crippen LogP contribution < -0.4 is 5.32 Å². The monoisotopic (exact) mass is 362 g/mol. The van der Waals surface area contributed by atoms with E-state index >= 15 is 0 Å². The number of hydrogen-bond acceptors (Lipinski definition) is 3. The first-order valence-corrected chi connectivity index (χ1v) is 9.45. The minimum absolute atomic E-state index is 0.0845. The summed E-state index contributed by atoms with van der Waals surface area (Å²) in [6.45, 7) is 4.83. The van der Waals surface area contributed by atoms with E-state index in [-0.39, 0.29) is 5.91 Å². The molecule has 0 aliphatic rings. The molecule has 1 heterocycles. The van der Waals surface area contributed by atoms with Crippen molar-refractivity contribution in [2.75, 3.05) is 5.32 Å². The number of carbonyl (C=O) groups excluding carboxylic acids is 1. The van der Waals surface area contributed by atoms with Crippen molar-refractivity contribution in [3.63, 3.8) is 0 Å². The fourth-order valence-electron chi connectivity index (χ4n) is 2.86. The van der Waals surface area contributed by atoms with Crippen molar-refractivity contribution in [2.24, 2.45) is 0 Å². The van der Waals surface area contributed by atoms with Crippen molar-refractivity contribution in [1.82, 2.24) is 15.0 Å². The Morgan fingerprint density at radius 2 is 1.67 bits per heavy atom. The Kier molecular flexibility index (Phi) is 6.36. The van der Waals surface area contributed by atoms with Crippen LogP contribution in [0.2, 0.25) is 0 Å². The van der Waals surface area contributed by atoms with Gasteiger partial charge in [0.25, 0.3) is 0 Å². The van der Waals surface area contributed by atoms with Crippen molar-refractivity contribution >= 4 is 11.7 Å². The van der Waals surface area contributed by atoms with Gasteiger partial charge in [0, 0.05) is 0 Å². The van der Waals surface area contributed by atoms with E-state index in [0.29, 0.717) is 18.8 Å². The molecule has 0 radical (unpaired) electrons. The minimum Gasteiger partial charge on any atom is -0.308 e. The molecule has 0 spiro atoms. The van der Waals surface area contributed by atoms with E-state index in [0.717, 1.165) is 17.5 Å². The van der Waals surface area contributed by atoms with Gasteiger partial charge in [0.05, 0.1) is 19.2 Å². The van der Waals surface area contributed by atoms with Crippen LogP contribution in [-0.4, -0.2) is 20.9 Å². The maximum atomic E-state index is 12.3. The van der Waals surface area contributed by atoms with E-state index < -0.39 is 0 Å². The van der Waals surface area contributed by atoms with E-state index in [1.54, 1.807) is 11.0 Å². The van der Waals surface area contributed by atoms with Crippen LogP contribution in [0.4, 0.5) is 5.82 Å². The van der Waals surface area contributed by atoms with Crippen molar-refractivity contribution in [3.05, 3.63) is 77.0 Å². The zero-order chi connectivity index (χ0) is 19.1. The number of aryl methyl sites for hydroxylation is 2. The number of amides is 1. The summed E-state index contributed by atoms with van der Waals surface area (Å²) in [5, 5.41) is 11.4. The van der Waals surface area contributed by atoms with Crippen LogP contribution in [0.5, 0.6) is 0 Å². The molecule has 0 aliphatic heterocycles. The smallest absolute Gasteiger partial charge is 0.230 e. The second-order valence-corrected chi connectivity index (χ2v) is 6.89. The number of anilines is 1. The molecule has 5 heteroatoms. The van der Waals surface area contributed by atoms with Crippen LogP contribution in [0.25, 0.3) is 0 Å². The Hall–Kier alpha value is -2.95. The lowest BCUT2D eigenvalue weighted by atomic mass is 10.0. The first kappa shape index (κ1) is 18.8. The van der Waals surface area contributed by atoms with Crippen molar-refractivity contribution < 1.29 is 4.79 Å². The number of aromatic nitrogens is 3. The topological polar surface area (TPSA) is 59.8 Å². The van der Waals surface area contributed by atoms with Gasteiger partial charge in [-0.3, -0.25) is 4.79 Å². The second-order valence-electron chi connectivity index (χ2n) is 6.89. The van der Waals surface area contributed by atoms with Crippen LogP contribution in [-0.2, 0) is 24.2 Å². The number of nitrogens with zero attached hydrogens (tertiary/aromatic N) is 3. The zero-order valence-corrected chi connectivity index (χ0v) is 16.0. The normalized spacial score (nSPS) is 10.7. The van der Waals surface area contributed by atoms with Gasteiger partial charge in [-0.25, -0.2) is 0 Å². The number of nitrogens with one attached hydrogen (secondary N) is 1. The molecule has 0 unspecified atom stereocenters. The van der Waals surface area contributed by atoms with E-state index in [4.69, 9.17) is 0 Å². The largest absolute Gasteiger partial charge is 0.308 e. The molecule has 0 saturated carbocycles. The van der Waals surface area contributed by atoms with Gasteiger partial charge < -0.3 is 5.32 Å². The summed E-state index contributed by atoms with van der Waals surface area (Å²) < 4.78 is 0. The molecule has 1 aromatic heterocycles. The van der Waals surface area contributed by atoms with E-state index in [2.05, 4.69) is 65.8 Å². The van der Waals surface area contributed by atoms with Crippen LogP contribution >= 0.6 is 0 Å². The highest BCUT2D eigenvalue weighted by Gasteiger charge is 2.08. The summed E-state index contributed by atoms with van der Waals surface area (Å²) in [5.74, 6) is 0.394. The average Bonchev–Trinajstić information content (AvgIpc) is 3.09. The van der Waals surface area contributed by atoms with Crippen molar-refractivity contribution in [1.29, 1.82) is 0 Å². The summed E-state index contributed by atoms with van der Waals surface area (Å²) in [6.07, 6.45) is 5.39. The molecule has 3 rings (SSSR count). The lowest BCUT2D eigenvalue weighted by Crippen LogP contribution is -2.15. The number of carbonyl (C=O) groups is 1. The summed E-state index contributed by atoms with van der Waals surface area (Å²) in [6, 6.07) is 16.5. The molecule has 0 aliphatic carbocycles. The van der Waals surface area contributed by atoms with Gasteiger partial charge in [-0.2, -0.15) is 9.90 Å². The predicted molar refractivity (Wildman–Crippen MR) is 108 cm³/mol. The Bertz CT molecular complexity index is 866. The summed E-state index contributed by atoms with van der Waals surface area (Å²) >= 11 is 0. The molecule has 3 aromatic rings. The third-order valence-corrected chi connectivity index (χ3v) is 4.46. The maximum Gasteiger partial charge on any atom is 0.230 e. The Morgan fingerprint density at radius 1 is 1.00 bits per heavy atom. The Labute approximate surface area is 160 Å². The summed E-state index contributed by atoms with van der Waals surface area (Å²) in [5.41, 5.74) is 4.66. The van der Waals surface area contributed by atoms with Crippen LogP contribution in [0.15, 0.2) is 54.7 Å². The highest BCUT2D eigenvalue weighted by atomic mass is 16.1. The Balaban J connectivity index is 1.52. The zero-order valence-electron chi connectivity index (χ0n) is 16.0. The quantitative estimate of drug-likeness (QED) is 0.654. The minimum atomic E-state index is -0.0845. The lowest BCUT2D eigenvalue weighted by molar-refractivity contribution is -0.115. The van der Waals surface area contributed by atoms with Gasteiger partial charge in [0.2, 0.25) is 5.91 Å². The van der Waals surface area contributed by atoms with Crippen LogP contribution in [0, 0.1) is 6.92 Å². The Morgan fingerprint density at radius 3 is 2.37 bits per heavy atom. The molecular formula is C22H26N4O. The first-order valence-electron chi connectivity index (χ1n) is 9.45.